The molecule has 0 aromatic rings. The van der Waals surface area contributed by atoms with Gasteiger partial charge in [-0.25, -0.2) is 4.79 Å². The number of carboxylic acid groups (broad SMARTS) is 1. The summed E-state index contributed by atoms with van der Waals surface area (Å²) in [6.07, 6.45) is 6.25. The molecule has 3 aliphatic rings. The first-order valence-electron chi connectivity index (χ1n) is 6.87. The Hall–Kier alpha value is -1.10. The number of hydrogen-bond acceptors (Lipinski definition) is 3. The zero-order chi connectivity index (χ0) is 12.9. The van der Waals surface area contributed by atoms with E-state index < -0.39 is 17.6 Å². The Morgan fingerprint density at radius 3 is 2.50 bits per heavy atom. The van der Waals surface area contributed by atoms with Crippen molar-refractivity contribution in [2.24, 2.45) is 11.7 Å². The lowest BCUT2D eigenvalue weighted by Gasteiger charge is -2.34. The fraction of sp³-hybridized carbons (Fsp3) is 0.846. The molecule has 18 heavy (non-hydrogen) atoms. The first-order chi connectivity index (χ1) is 8.53. The van der Waals surface area contributed by atoms with Crippen molar-refractivity contribution in [3.63, 3.8) is 0 Å². The molecule has 100 valence electrons. The van der Waals surface area contributed by atoms with Crippen LogP contribution in [0.15, 0.2) is 0 Å². The van der Waals surface area contributed by atoms with E-state index in [4.69, 9.17) is 5.73 Å². The van der Waals surface area contributed by atoms with Gasteiger partial charge in [-0.05, 0) is 38.0 Å². The number of carboxylic acids is 1. The molecule has 3 fully saturated rings. The highest BCUT2D eigenvalue weighted by Gasteiger charge is 2.55. The van der Waals surface area contributed by atoms with E-state index >= 15 is 0 Å². The lowest BCUT2D eigenvalue weighted by molar-refractivity contribution is -0.150. The highest BCUT2D eigenvalue weighted by molar-refractivity contribution is 5.93. The van der Waals surface area contributed by atoms with Crippen LogP contribution in [0, 0.1) is 5.92 Å². The number of carbonyl (C=O) groups is 2. The van der Waals surface area contributed by atoms with Crippen molar-refractivity contribution in [2.45, 2.75) is 62.6 Å². The first-order valence-corrected chi connectivity index (χ1v) is 6.87. The van der Waals surface area contributed by atoms with Gasteiger partial charge in [-0.15, -0.1) is 0 Å². The van der Waals surface area contributed by atoms with Gasteiger partial charge in [-0.3, -0.25) is 4.79 Å². The summed E-state index contributed by atoms with van der Waals surface area (Å²) < 4.78 is 0. The van der Waals surface area contributed by atoms with Crippen molar-refractivity contribution < 1.29 is 14.7 Å². The van der Waals surface area contributed by atoms with Crippen LogP contribution in [0.1, 0.15) is 44.9 Å². The molecule has 1 heterocycles. The van der Waals surface area contributed by atoms with Gasteiger partial charge in [0.15, 0.2) is 0 Å². The monoisotopic (exact) mass is 252 g/mol. The normalized spacial score (nSPS) is 37.2. The van der Waals surface area contributed by atoms with Crippen LogP contribution in [-0.2, 0) is 9.59 Å². The average Bonchev–Trinajstić information content (AvgIpc) is 2.98. The molecule has 2 saturated carbocycles. The predicted molar refractivity (Wildman–Crippen MR) is 64.8 cm³/mol. The summed E-state index contributed by atoms with van der Waals surface area (Å²) in [7, 11) is 0. The Labute approximate surface area is 106 Å². The summed E-state index contributed by atoms with van der Waals surface area (Å²) in [6, 6.07) is -0.528. The molecule has 3 atom stereocenters. The molecule has 3 unspecified atom stereocenters. The van der Waals surface area contributed by atoms with E-state index in [1.165, 1.54) is 0 Å². The highest BCUT2D eigenvalue weighted by Crippen LogP contribution is 2.44. The molecule has 0 bridgehead atoms. The van der Waals surface area contributed by atoms with Crippen molar-refractivity contribution in [1.29, 1.82) is 0 Å². The Morgan fingerprint density at radius 2 is 1.89 bits per heavy atom. The number of amides is 1. The van der Waals surface area contributed by atoms with Gasteiger partial charge < -0.3 is 15.7 Å². The summed E-state index contributed by atoms with van der Waals surface area (Å²) in [5, 5.41) is 9.33. The highest BCUT2D eigenvalue weighted by atomic mass is 16.4. The van der Waals surface area contributed by atoms with E-state index in [0.29, 0.717) is 25.2 Å². The number of rotatable bonds is 2. The van der Waals surface area contributed by atoms with Crippen molar-refractivity contribution in [1.82, 2.24) is 4.90 Å². The fourth-order valence-corrected chi connectivity index (χ4v) is 3.58. The maximum atomic E-state index is 12.4. The smallest absolute Gasteiger partial charge is 0.326 e. The van der Waals surface area contributed by atoms with Crippen LogP contribution >= 0.6 is 0 Å². The molecule has 2 aliphatic carbocycles. The molecule has 1 aliphatic heterocycles. The second kappa shape index (κ2) is 3.95. The van der Waals surface area contributed by atoms with Crippen LogP contribution in [0.2, 0.25) is 0 Å². The third-order valence-electron chi connectivity index (χ3n) is 4.82. The Morgan fingerprint density at radius 1 is 1.22 bits per heavy atom. The molecular formula is C13H20N2O3. The molecule has 0 radical (unpaired) electrons. The quantitative estimate of drug-likeness (QED) is 0.758. The zero-order valence-corrected chi connectivity index (χ0v) is 10.5. The van der Waals surface area contributed by atoms with Gasteiger partial charge in [0.05, 0.1) is 5.54 Å². The van der Waals surface area contributed by atoms with Crippen LogP contribution in [0.5, 0.6) is 0 Å². The zero-order valence-electron chi connectivity index (χ0n) is 10.5. The minimum atomic E-state index is -0.873. The second-order valence-corrected chi connectivity index (χ2v) is 6.07. The van der Waals surface area contributed by atoms with Crippen LogP contribution in [0.4, 0.5) is 0 Å². The molecule has 5 heteroatoms. The van der Waals surface area contributed by atoms with E-state index in [1.54, 1.807) is 4.90 Å². The maximum Gasteiger partial charge on any atom is 0.326 e. The van der Waals surface area contributed by atoms with Gasteiger partial charge in [0, 0.05) is 6.04 Å². The molecule has 3 rings (SSSR count). The first kappa shape index (κ1) is 12.0. The minimum Gasteiger partial charge on any atom is -0.480 e. The third kappa shape index (κ3) is 1.72. The maximum absolute atomic E-state index is 12.4. The van der Waals surface area contributed by atoms with Gasteiger partial charge in [0.25, 0.3) is 0 Å². The molecular weight excluding hydrogens is 232 g/mol. The molecule has 3 N–H and O–H groups in total. The fourth-order valence-electron chi connectivity index (χ4n) is 3.58. The number of carbonyl (C=O) groups excluding carboxylic acids is 1. The number of fused-ring (bicyclic) bond motifs is 1. The van der Waals surface area contributed by atoms with E-state index in [2.05, 4.69) is 0 Å². The molecule has 5 nitrogen and oxygen atoms in total. The summed E-state index contributed by atoms with van der Waals surface area (Å²) in [5.41, 5.74) is 5.22. The van der Waals surface area contributed by atoms with E-state index in [0.717, 1.165) is 25.7 Å². The molecule has 0 aromatic carbocycles. The minimum absolute atomic E-state index is 0.119. The number of likely N-dealkylation sites (tertiary alicyclic amines) is 1. The average molecular weight is 252 g/mol. The van der Waals surface area contributed by atoms with E-state index in [9.17, 15) is 14.7 Å². The number of hydrogen-bond donors (Lipinski definition) is 2. The number of nitrogens with zero attached hydrogens (tertiary/aromatic N) is 1. The number of nitrogens with two attached hydrogens (primary N) is 1. The third-order valence-corrected chi connectivity index (χ3v) is 4.82. The molecule has 1 amide bonds. The molecule has 1 saturated heterocycles. The summed E-state index contributed by atoms with van der Waals surface area (Å²) in [4.78, 5) is 25.4. The van der Waals surface area contributed by atoms with Crippen LogP contribution in [0.25, 0.3) is 0 Å². The summed E-state index contributed by atoms with van der Waals surface area (Å²) >= 11 is 0. The SMILES string of the molecule is NC1(C(=O)N2C(C(=O)O)CC3CCCCC32)CC1. The van der Waals surface area contributed by atoms with Crippen molar-refractivity contribution >= 4 is 11.9 Å². The largest absolute Gasteiger partial charge is 0.480 e. The molecule has 0 aromatic heterocycles. The van der Waals surface area contributed by atoms with Gasteiger partial charge >= 0.3 is 5.97 Å². The van der Waals surface area contributed by atoms with Gasteiger partial charge in [0.1, 0.15) is 6.04 Å². The second-order valence-electron chi connectivity index (χ2n) is 6.07. The Kier molecular flexibility index (Phi) is 2.62. The summed E-state index contributed by atoms with van der Waals surface area (Å²) in [6.45, 7) is 0. The van der Waals surface area contributed by atoms with E-state index in [-0.39, 0.29) is 11.9 Å². The Bertz CT molecular complexity index is 392. The van der Waals surface area contributed by atoms with Crippen molar-refractivity contribution in [3.05, 3.63) is 0 Å². The molecule has 0 spiro atoms. The van der Waals surface area contributed by atoms with Gasteiger partial charge in [0.2, 0.25) is 5.91 Å². The van der Waals surface area contributed by atoms with Crippen molar-refractivity contribution in [3.8, 4) is 0 Å². The lowest BCUT2D eigenvalue weighted by Crippen LogP contribution is -2.53. The van der Waals surface area contributed by atoms with Crippen LogP contribution in [-0.4, -0.2) is 39.5 Å². The summed E-state index contributed by atoms with van der Waals surface area (Å²) in [5.74, 6) is -0.627. The topological polar surface area (TPSA) is 83.6 Å². The van der Waals surface area contributed by atoms with Crippen LogP contribution < -0.4 is 5.73 Å². The van der Waals surface area contributed by atoms with Crippen LogP contribution in [0.3, 0.4) is 0 Å². The van der Waals surface area contributed by atoms with E-state index in [1.807, 2.05) is 0 Å². The Balaban J connectivity index is 1.87. The standard InChI is InChI=1S/C13H20N2O3/c14-13(5-6-13)12(18)15-9-4-2-1-3-8(9)7-10(15)11(16)17/h8-10H,1-7,14H2,(H,16,17). The van der Waals surface area contributed by atoms with Gasteiger partial charge in [-0.1, -0.05) is 12.8 Å². The number of aliphatic carboxylic acids is 1. The van der Waals surface area contributed by atoms with Crippen molar-refractivity contribution in [2.75, 3.05) is 0 Å². The lowest BCUT2D eigenvalue weighted by atomic mass is 9.84. The van der Waals surface area contributed by atoms with Gasteiger partial charge in [-0.2, -0.15) is 0 Å². The predicted octanol–water partition coefficient (Wildman–Crippen LogP) is 0.722.